The second-order valence-electron chi connectivity index (χ2n) is 5.50. The number of amides is 1. The zero-order valence-electron chi connectivity index (χ0n) is 12.9. The molecule has 2 aromatic rings. The molecular weight excluding hydrogens is 262 g/mol. The molecule has 1 aromatic heterocycles. The molecule has 0 aliphatic rings. The maximum Gasteiger partial charge on any atom is 0.270 e. The maximum absolute atomic E-state index is 12.0. The number of hydrogen-bond acceptors (Lipinski definition) is 3. The summed E-state index contributed by atoms with van der Waals surface area (Å²) >= 11 is 0. The third-order valence-electron chi connectivity index (χ3n) is 3.08. The summed E-state index contributed by atoms with van der Waals surface area (Å²) in [6.07, 6.45) is 1.64. The largest absolute Gasteiger partial charge is 0.355 e. The number of anilines is 2. The Kier molecular flexibility index (Phi) is 4.58. The molecule has 2 N–H and O–H groups in total. The smallest absolute Gasteiger partial charge is 0.270 e. The molecule has 21 heavy (non-hydrogen) atoms. The number of pyridine rings is 1. The molecule has 4 heteroatoms. The lowest BCUT2D eigenvalue weighted by Gasteiger charge is -2.12. The molecule has 1 aromatic carbocycles. The van der Waals surface area contributed by atoms with Gasteiger partial charge in [-0.3, -0.25) is 9.78 Å². The highest BCUT2D eigenvalue weighted by Gasteiger charge is 2.09. The summed E-state index contributed by atoms with van der Waals surface area (Å²) in [7, 11) is 0. The SMILES string of the molecule is Cc1ccc(C)c(Nc2ccnc(C(=O)NC(C)C)c2)c1. The van der Waals surface area contributed by atoms with Crippen LogP contribution in [0.1, 0.15) is 35.5 Å². The van der Waals surface area contributed by atoms with Crippen molar-refractivity contribution < 1.29 is 4.79 Å². The van der Waals surface area contributed by atoms with Gasteiger partial charge in [-0.2, -0.15) is 0 Å². The normalized spacial score (nSPS) is 10.5. The van der Waals surface area contributed by atoms with Crippen molar-refractivity contribution in [3.63, 3.8) is 0 Å². The number of carbonyl (C=O) groups excluding carboxylic acids is 1. The first-order valence-electron chi connectivity index (χ1n) is 7.07. The van der Waals surface area contributed by atoms with Crippen molar-refractivity contribution in [3.05, 3.63) is 53.3 Å². The predicted molar refractivity (Wildman–Crippen MR) is 86.0 cm³/mol. The molecule has 4 nitrogen and oxygen atoms in total. The van der Waals surface area contributed by atoms with Crippen LogP contribution in [0.15, 0.2) is 36.5 Å². The van der Waals surface area contributed by atoms with Gasteiger partial charge in [-0.05, 0) is 57.0 Å². The lowest BCUT2D eigenvalue weighted by molar-refractivity contribution is 0.0938. The summed E-state index contributed by atoms with van der Waals surface area (Å²) < 4.78 is 0. The van der Waals surface area contributed by atoms with Crippen LogP contribution in [-0.2, 0) is 0 Å². The fourth-order valence-corrected chi connectivity index (χ4v) is 1.99. The number of benzene rings is 1. The molecule has 0 saturated heterocycles. The second-order valence-corrected chi connectivity index (χ2v) is 5.50. The van der Waals surface area contributed by atoms with Gasteiger partial charge in [0.05, 0.1) is 0 Å². The fraction of sp³-hybridized carbons (Fsp3) is 0.294. The number of nitrogens with one attached hydrogen (secondary N) is 2. The van der Waals surface area contributed by atoms with E-state index in [4.69, 9.17) is 0 Å². The van der Waals surface area contributed by atoms with E-state index in [1.807, 2.05) is 19.9 Å². The van der Waals surface area contributed by atoms with E-state index in [-0.39, 0.29) is 11.9 Å². The molecule has 0 radical (unpaired) electrons. The quantitative estimate of drug-likeness (QED) is 0.901. The van der Waals surface area contributed by atoms with Crippen LogP contribution in [0.2, 0.25) is 0 Å². The molecule has 0 aliphatic carbocycles. The third kappa shape index (κ3) is 4.05. The minimum atomic E-state index is -0.158. The van der Waals surface area contributed by atoms with E-state index < -0.39 is 0 Å². The van der Waals surface area contributed by atoms with Crippen LogP contribution < -0.4 is 10.6 Å². The first kappa shape index (κ1) is 15.0. The van der Waals surface area contributed by atoms with Gasteiger partial charge in [0.2, 0.25) is 0 Å². The van der Waals surface area contributed by atoms with Gasteiger partial charge in [0, 0.05) is 23.6 Å². The second kappa shape index (κ2) is 6.39. The van der Waals surface area contributed by atoms with Crippen molar-refractivity contribution in [1.29, 1.82) is 0 Å². The summed E-state index contributed by atoms with van der Waals surface area (Å²) in [6.45, 7) is 7.96. The van der Waals surface area contributed by atoms with Crippen LogP contribution >= 0.6 is 0 Å². The molecule has 110 valence electrons. The molecule has 0 bridgehead atoms. The molecule has 0 aliphatic heterocycles. The average Bonchev–Trinajstić information content (AvgIpc) is 2.42. The highest BCUT2D eigenvalue weighted by Crippen LogP contribution is 2.21. The van der Waals surface area contributed by atoms with Gasteiger partial charge in [0.1, 0.15) is 5.69 Å². The summed E-state index contributed by atoms with van der Waals surface area (Å²) in [5.41, 5.74) is 4.66. The molecule has 0 spiro atoms. The zero-order valence-corrected chi connectivity index (χ0v) is 12.9. The van der Waals surface area contributed by atoms with E-state index in [9.17, 15) is 4.79 Å². The van der Waals surface area contributed by atoms with Crippen molar-refractivity contribution in [2.24, 2.45) is 0 Å². The molecule has 0 unspecified atom stereocenters. The van der Waals surface area contributed by atoms with Gasteiger partial charge in [-0.25, -0.2) is 0 Å². The molecular formula is C17H21N3O. The predicted octanol–water partition coefficient (Wildman–Crippen LogP) is 3.58. The van der Waals surface area contributed by atoms with Crippen molar-refractivity contribution in [2.75, 3.05) is 5.32 Å². The highest BCUT2D eigenvalue weighted by molar-refractivity contribution is 5.93. The standard InChI is InChI=1S/C17H21N3O/c1-11(2)19-17(21)16-10-14(7-8-18-16)20-15-9-12(3)5-6-13(15)4/h5-11H,1-4H3,(H,18,20)(H,19,21). The van der Waals surface area contributed by atoms with Crippen molar-refractivity contribution >= 4 is 17.3 Å². The summed E-state index contributed by atoms with van der Waals surface area (Å²) in [5.74, 6) is -0.158. The van der Waals surface area contributed by atoms with E-state index in [1.165, 1.54) is 5.56 Å². The Morgan fingerprint density at radius 1 is 1.14 bits per heavy atom. The Hall–Kier alpha value is -2.36. The number of rotatable bonds is 4. The molecule has 0 fully saturated rings. The Balaban J connectivity index is 2.21. The molecule has 0 atom stereocenters. The summed E-state index contributed by atoms with van der Waals surface area (Å²) in [4.78, 5) is 16.1. The first-order valence-corrected chi connectivity index (χ1v) is 7.07. The topological polar surface area (TPSA) is 54.0 Å². The fourth-order valence-electron chi connectivity index (χ4n) is 1.99. The Morgan fingerprint density at radius 2 is 1.90 bits per heavy atom. The van der Waals surface area contributed by atoms with E-state index >= 15 is 0 Å². The Bertz CT molecular complexity index is 650. The van der Waals surface area contributed by atoms with Gasteiger partial charge < -0.3 is 10.6 Å². The Morgan fingerprint density at radius 3 is 2.62 bits per heavy atom. The molecule has 1 amide bonds. The van der Waals surface area contributed by atoms with Crippen LogP contribution in [0.25, 0.3) is 0 Å². The zero-order chi connectivity index (χ0) is 15.4. The summed E-state index contributed by atoms with van der Waals surface area (Å²) in [6, 6.07) is 9.95. The number of hydrogen-bond donors (Lipinski definition) is 2. The number of aryl methyl sites for hydroxylation is 2. The number of carbonyl (C=O) groups is 1. The van der Waals surface area contributed by atoms with Crippen LogP contribution in [0.5, 0.6) is 0 Å². The van der Waals surface area contributed by atoms with E-state index in [0.29, 0.717) is 5.69 Å². The van der Waals surface area contributed by atoms with Gasteiger partial charge in [-0.15, -0.1) is 0 Å². The average molecular weight is 283 g/mol. The van der Waals surface area contributed by atoms with Crippen LogP contribution in [0, 0.1) is 13.8 Å². The first-order chi connectivity index (χ1) is 9.95. The monoisotopic (exact) mass is 283 g/mol. The minimum absolute atomic E-state index is 0.0925. The van der Waals surface area contributed by atoms with E-state index in [2.05, 4.69) is 47.7 Å². The summed E-state index contributed by atoms with van der Waals surface area (Å²) in [5, 5.41) is 6.18. The van der Waals surface area contributed by atoms with Crippen molar-refractivity contribution in [3.8, 4) is 0 Å². The van der Waals surface area contributed by atoms with Gasteiger partial charge in [0.25, 0.3) is 5.91 Å². The van der Waals surface area contributed by atoms with Gasteiger partial charge >= 0.3 is 0 Å². The number of nitrogens with zero attached hydrogens (tertiary/aromatic N) is 1. The van der Waals surface area contributed by atoms with E-state index in [0.717, 1.165) is 16.9 Å². The highest BCUT2D eigenvalue weighted by atomic mass is 16.1. The minimum Gasteiger partial charge on any atom is -0.355 e. The van der Waals surface area contributed by atoms with Crippen LogP contribution in [0.3, 0.4) is 0 Å². The molecule has 0 saturated carbocycles. The lowest BCUT2D eigenvalue weighted by Crippen LogP contribution is -2.30. The van der Waals surface area contributed by atoms with Crippen LogP contribution in [0.4, 0.5) is 11.4 Å². The van der Waals surface area contributed by atoms with Crippen molar-refractivity contribution in [2.45, 2.75) is 33.7 Å². The van der Waals surface area contributed by atoms with Gasteiger partial charge in [0.15, 0.2) is 0 Å². The molecule has 1 heterocycles. The number of aromatic nitrogens is 1. The third-order valence-corrected chi connectivity index (χ3v) is 3.08. The van der Waals surface area contributed by atoms with Gasteiger partial charge in [-0.1, -0.05) is 12.1 Å². The maximum atomic E-state index is 12.0. The Labute approximate surface area is 125 Å². The van der Waals surface area contributed by atoms with E-state index in [1.54, 1.807) is 12.3 Å². The lowest BCUT2D eigenvalue weighted by atomic mass is 10.1. The van der Waals surface area contributed by atoms with Crippen LogP contribution in [-0.4, -0.2) is 16.9 Å². The van der Waals surface area contributed by atoms with Crippen molar-refractivity contribution in [1.82, 2.24) is 10.3 Å². The molecule has 2 rings (SSSR count).